The Morgan fingerprint density at radius 3 is 1.85 bits per heavy atom. The largest absolute Gasteiger partial charge is 0.311 e. The lowest BCUT2D eigenvalue weighted by atomic mass is 9.36. The number of thiophene rings is 1. The first-order valence-corrected chi connectivity index (χ1v) is 24.0. The normalized spacial score (nSPS) is 14.9. The highest BCUT2D eigenvalue weighted by Gasteiger charge is 2.46. The Hall–Kier alpha value is -5.06. The van der Waals surface area contributed by atoms with Gasteiger partial charge in [-0.15, -0.1) is 11.3 Å². The lowest BCUT2D eigenvalue weighted by Gasteiger charge is -2.44. The molecule has 0 spiro atoms. The molecule has 314 valence electrons. The Kier molecular flexibility index (Phi) is 9.41. The van der Waals surface area contributed by atoms with E-state index < -0.39 is 0 Å². The van der Waals surface area contributed by atoms with Crippen molar-refractivity contribution in [1.82, 2.24) is 0 Å². The van der Waals surface area contributed by atoms with Crippen molar-refractivity contribution in [3.05, 3.63) is 149 Å². The van der Waals surface area contributed by atoms with E-state index in [4.69, 9.17) is 0 Å². The summed E-state index contributed by atoms with van der Waals surface area (Å²) in [5, 5.41) is 1.35. The zero-order valence-electron chi connectivity index (χ0n) is 39.2. The molecule has 4 heteroatoms. The zero-order chi connectivity index (χ0) is 43.7. The number of aryl methyl sites for hydroxylation is 2. The maximum absolute atomic E-state index is 2.64. The summed E-state index contributed by atoms with van der Waals surface area (Å²) in [5.41, 5.74) is 21.6. The number of hydrogen-bond acceptors (Lipinski definition) is 3. The van der Waals surface area contributed by atoms with Crippen molar-refractivity contribution in [2.24, 2.45) is 0 Å². The van der Waals surface area contributed by atoms with Gasteiger partial charge in [0, 0.05) is 43.2 Å². The second-order valence-electron chi connectivity index (χ2n) is 22.2. The van der Waals surface area contributed by atoms with Gasteiger partial charge in [0.05, 0.1) is 11.4 Å². The molecule has 62 heavy (non-hydrogen) atoms. The lowest BCUT2D eigenvalue weighted by molar-refractivity contribution is 0.506. The zero-order valence-corrected chi connectivity index (χ0v) is 40.0. The minimum atomic E-state index is 0.00886. The highest BCUT2D eigenvalue weighted by Crippen LogP contribution is 2.50. The number of anilines is 6. The highest BCUT2D eigenvalue weighted by atomic mass is 32.1. The maximum Gasteiger partial charge on any atom is 0.264 e. The predicted molar refractivity (Wildman–Crippen MR) is 273 cm³/mol. The van der Waals surface area contributed by atoms with E-state index >= 15 is 0 Å². The summed E-state index contributed by atoms with van der Waals surface area (Å²) in [6.07, 6.45) is 4.66. The summed E-state index contributed by atoms with van der Waals surface area (Å²) in [6.45, 7) is 28.2. The van der Waals surface area contributed by atoms with Crippen molar-refractivity contribution in [2.75, 3.05) is 9.80 Å². The third-order valence-corrected chi connectivity index (χ3v) is 15.8. The van der Waals surface area contributed by atoms with Crippen LogP contribution in [0.15, 0.2) is 115 Å². The van der Waals surface area contributed by atoms with Gasteiger partial charge in [0.15, 0.2) is 0 Å². The molecule has 10 rings (SSSR count). The molecule has 3 aliphatic rings. The fourth-order valence-electron chi connectivity index (χ4n) is 10.3. The third-order valence-electron chi connectivity index (χ3n) is 14.6. The molecular formula is C58H63BN2S. The first-order valence-electron chi connectivity index (χ1n) is 23.2. The van der Waals surface area contributed by atoms with Crippen LogP contribution in [0.1, 0.15) is 129 Å². The van der Waals surface area contributed by atoms with Crippen molar-refractivity contribution in [1.29, 1.82) is 0 Å². The molecule has 0 fully saturated rings. The first kappa shape index (κ1) is 41.0. The smallest absolute Gasteiger partial charge is 0.264 e. The maximum atomic E-state index is 2.64. The number of hydrogen-bond donors (Lipinski definition) is 0. The van der Waals surface area contributed by atoms with Crippen LogP contribution in [-0.4, -0.2) is 6.71 Å². The van der Waals surface area contributed by atoms with Gasteiger partial charge in [-0.3, -0.25) is 0 Å². The molecule has 6 aromatic carbocycles. The van der Waals surface area contributed by atoms with Crippen LogP contribution in [0.4, 0.5) is 34.1 Å². The summed E-state index contributed by atoms with van der Waals surface area (Å²) in [4.78, 5) is 5.26. The molecule has 0 saturated heterocycles. The molecule has 7 aromatic rings. The monoisotopic (exact) mass is 830 g/mol. The van der Waals surface area contributed by atoms with E-state index in [0.29, 0.717) is 0 Å². The number of benzene rings is 6. The fourth-order valence-corrected chi connectivity index (χ4v) is 11.6. The van der Waals surface area contributed by atoms with E-state index in [1.807, 2.05) is 11.3 Å². The molecule has 3 heterocycles. The molecule has 0 atom stereocenters. The summed E-state index contributed by atoms with van der Waals surface area (Å²) >= 11 is 2.00. The van der Waals surface area contributed by atoms with Crippen molar-refractivity contribution in [3.63, 3.8) is 0 Å². The predicted octanol–water partition coefficient (Wildman–Crippen LogP) is 14.7. The third kappa shape index (κ3) is 6.57. The van der Waals surface area contributed by atoms with Gasteiger partial charge in [-0.2, -0.15) is 0 Å². The van der Waals surface area contributed by atoms with Gasteiger partial charge in [-0.25, -0.2) is 0 Å². The van der Waals surface area contributed by atoms with Crippen LogP contribution in [-0.2, 0) is 34.5 Å². The van der Waals surface area contributed by atoms with Crippen molar-refractivity contribution in [2.45, 2.75) is 130 Å². The number of rotatable bonds is 5. The summed E-state index contributed by atoms with van der Waals surface area (Å²) < 4.78 is 2.78. The van der Waals surface area contributed by atoms with Crippen LogP contribution in [0.5, 0.6) is 0 Å². The van der Waals surface area contributed by atoms with Crippen LogP contribution >= 0.6 is 11.3 Å². The second kappa shape index (κ2) is 14.2. The van der Waals surface area contributed by atoms with Crippen molar-refractivity contribution in [3.8, 4) is 11.1 Å². The molecule has 0 amide bonds. The topological polar surface area (TPSA) is 6.48 Å². The Labute approximate surface area is 376 Å². The van der Waals surface area contributed by atoms with Gasteiger partial charge in [0.1, 0.15) is 0 Å². The van der Waals surface area contributed by atoms with Crippen molar-refractivity contribution >= 4 is 78.0 Å². The van der Waals surface area contributed by atoms with Crippen LogP contribution in [0.3, 0.4) is 0 Å². The fraction of sp³-hybridized carbons (Fsp3) is 0.345. The van der Waals surface area contributed by atoms with Gasteiger partial charge in [-0.1, -0.05) is 144 Å². The van der Waals surface area contributed by atoms with Gasteiger partial charge in [-0.05, 0) is 152 Å². The average Bonchev–Trinajstić information content (AvgIpc) is 3.87. The minimum absolute atomic E-state index is 0.00886. The first-order chi connectivity index (χ1) is 29.3. The summed E-state index contributed by atoms with van der Waals surface area (Å²) in [7, 11) is 0. The second-order valence-corrected chi connectivity index (χ2v) is 23.3. The Morgan fingerprint density at radius 2 is 1.16 bits per heavy atom. The summed E-state index contributed by atoms with van der Waals surface area (Å²) in [5.74, 6) is 0. The van der Waals surface area contributed by atoms with Crippen LogP contribution in [0.25, 0.3) is 21.2 Å². The Balaban J connectivity index is 1.30. The van der Waals surface area contributed by atoms with E-state index in [-0.39, 0.29) is 28.4 Å². The van der Waals surface area contributed by atoms with E-state index in [9.17, 15) is 0 Å². The lowest BCUT2D eigenvalue weighted by Crippen LogP contribution is -2.60. The molecule has 0 saturated carbocycles. The van der Waals surface area contributed by atoms with Crippen LogP contribution < -0.4 is 25.5 Å². The van der Waals surface area contributed by atoms with Gasteiger partial charge < -0.3 is 9.80 Å². The number of fused-ring (bicyclic) bond motifs is 7. The highest BCUT2D eigenvalue weighted by molar-refractivity contribution is 7.33. The van der Waals surface area contributed by atoms with E-state index in [1.54, 1.807) is 0 Å². The molecule has 2 aliphatic heterocycles. The standard InChI is InChI=1S/C58H63BN2S/c1-13-58(11,12)42-25-30-48-46(35-42)59-52-49(60(43-27-22-39(23-28-43)55(2,3)4)53-45-34-41(57(8,9)10)26-31-51(45)62-54(53)59)18-15-19-50(52)61(48)47-29-24-40(56(5,6)7)33-44(47)38-21-20-36-16-14-17-37(36)32-38/h15,18-35H,13-14,16-17H2,1-12H3. The average molecular weight is 831 g/mol. The molecule has 0 bridgehead atoms. The molecule has 1 aromatic heterocycles. The molecule has 2 nitrogen and oxygen atoms in total. The number of nitrogens with zero attached hydrogens (tertiary/aromatic N) is 2. The van der Waals surface area contributed by atoms with E-state index in [1.165, 1.54) is 117 Å². The van der Waals surface area contributed by atoms with E-state index in [0.717, 1.165) is 12.8 Å². The summed E-state index contributed by atoms with van der Waals surface area (Å²) in [6, 6.07) is 46.0. The SMILES string of the molecule is CCC(C)(C)c1ccc2c(c1)B1c3sc4ccc(C(C)(C)C)cc4c3N(c3ccc(C(C)(C)C)cc3)c3cccc(c31)N2c1ccc(C(C)(C)C)cc1-c1ccc2c(c1)CCC2. The molecule has 0 unspecified atom stereocenters. The molecule has 0 radical (unpaired) electrons. The molecule has 1 aliphatic carbocycles. The van der Waals surface area contributed by atoms with Crippen LogP contribution in [0.2, 0.25) is 0 Å². The van der Waals surface area contributed by atoms with Crippen LogP contribution in [0, 0.1) is 0 Å². The quantitative estimate of drug-likeness (QED) is 0.159. The van der Waals surface area contributed by atoms with E-state index in [2.05, 4.69) is 208 Å². The minimum Gasteiger partial charge on any atom is -0.311 e. The Bertz CT molecular complexity index is 2910. The Morgan fingerprint density at radius 1 is 0.548 bits per heavy atom. The van der Waals surface area contributed by atoms with Gasteiger partial charge >= 0.3 is 0 Å². The molecular weight excluding hydrogens is 768 g/mol. The molecule has 0 N–H and O–H groups in total. The van der Waals surface area contributed by atoms with Gasteiger partial charge in [0.2, 0.25) is 0 Å². The van der Waals surface area contributed by atoms with Crippen molar-refractivity contribution < 1.29 is 0 Å². The van der Waals surface area contributed by atoms with Gasteiger partial charge in [0.25, 0.3) is 6.71 Å².